The third-order valence-electron chi connectivity index (χ3n) is 2.39. The Labute approximate surface area is 106 Å². The van der Waals surface area contributed by atoms with E-state index in [0.29, 0.717) is 11.4 Å². The summed E-state index contributed by atoms with van der Waals surface area (Å²) < 4.78 is 35.2. The number of benzene rings is 1. The summed E-state index contributed by atoms with van der Waals surface area (Å²) in [6.07, 6.45) is 1.63. The molecule has 0 saturated carbocycles. The molecule has 0 aromatic heterocycles. The molecule has 3 nitrogen and oxygen atoms in total. The van der Waals surface area contributed by atoms with Crippen LogP contribution in [0.15, 0.2) is 18.2 Å². The molecule has 1 unspecified atom stereocenters. The average Bonchev–Trinajstić information content (AvgIpc) is 2.19. The standard InChI is InChI=1S/C11H15ClFNO2S/c1-14-10(7-17(2,15)16)5-8-3-4-9(13)6-11(8)12/h3-4,6,10,14H,5,7H2,1-2H3. The van der Waals surface area contributed by atoms with Crippen molar-refractivity contribution in [1.29, 1.82) is 0 Å². The normalized spacial score (nSPS) is 13.6. The van der Waals surface area contributed by atoms with Crippen LogP contribution in [-0.2, 0) is 16.3 Å². The van der Waals surface area contributed by atoms with Gasteiger partial charge in [0.2, 0.25) is 0 Å². The predicted octanol–water partition coefficient (Wildman–Crippen LogP) is 1.65. The zero-order valence-electron chi connectivity index (χ0n) is 9.70. The van der Waals surface area contributed by atoms with Crippen LogP contribution in [0, 0.1) is 5.82 Å². The van der Waals surface area contributed by atoms with Gasteiger partial charge in [-0.3, -0.25) is 0 Å². The van der Waals surface area contributed by atoms with Crippen molar-refractivity contribution in [3.63, 3.8) is 0 Å². The maximum absolute atomic E-state index is 12.8. The van der Waals surface area contributed by atoms with Crippen molar-refractivity contribution < 1.29 is 12.8 Å². The predicted molar refractivity (Wildman–Crippen MR) is 67.7 cm³/mol. The molecule has 1 N–H and O–H groups in total. The van der Waals surface area contributed by atoms with Crippen molar-refractivity contribution in [2.75, 3.05) is 19.1 Å². The molecular weight excluding hydrogens is 265 g/mol. The van der Waals surface area contributed by atoms with E-state index in [1.54, 1.807) is 13.1 Å². The minimum atomic E-state index is -3.06. The van der Waals surface area contributed by atoms with Crippen LogP contribution >= 0.6 is 11.6 Å². The highest BCUT2D eigenvalue weighted by molar-refractivity contribution is 7.90. The molecule has 0 amide bonds. The fraction of sp³-hybridized carbons (Fsp3) is 0.455. The lowest BCUT2D eigenvalue weighted by Gasteiger charge is -2.15. The fourth-order valence-corrected chi connectivity index (χ4v) is 2.82. The van der Waals surface area contributed by atoms with Crippen molar-refractivity contribution in [2.24, 2.45) is 0 Å². The number of rotatable bonds is 5. The van der Waals surface area contributed by atoms with Crippen LogP contribution in [0.1, 0.15) is 5.56 Å². The third-order valence-corrected chi connectivity index (χ3v) is 3.75. The highest BCUT2D eigenvalue weighted by Crippen LogP contribution is 2.19. The Kier molecular flexibility index (Phi) is 4.91. The largest absolute Gasteiger partial charge is 0.316 e. The van der Waals surface area contributed by atoms with Crippen molar-refractivity contribution in [3.05, 3.63) is 34.6 Å². The van der Waals surface area contributed by atoms with E-state index in [1.807, 2.05) is 0 Å². The molecule has 0 fully saturated rings. The topological polar surface area (TPSA) is 46.2 Å². The monoisotopic (exact) mass is 279 g/mol. The van der Waals surface area contributed by atoms with E-state index in [-0.39, 0.29) is 11.8 Å². The summed E-state index contributed by atoms with van der Waals surface area (Å²) in [6.45, 7) is 0. The second kappa shape index (κ2) is 5.80. The van der Waals surface area contributed by atoms with Gasteiger partial charge >= 0.3 is 0 Å². The number of sulfone groups is 1. The highest BCUT2D eigenvalue weighted by atomic mass is 35.5. The molecule has 0 bridgehead atoms. The van der Waals surface area contributed by atoms with Gasteiger partial charge in [-0.1, -0.05) is 17.7 Å². The lowest BCUT2D eigenvalue weighted by Crippen LogP contribution is -2.34. The van der Waals surface area contributed by atoms with Gasteiger partial charge in [0.05, 0.1) is 5.75 Å². The minimum Gasteiger partial charge on any atom is -0.316 e. The number of hydrogen-bond acceptors (Lipinski definition) is 3. The van der Waals surface area contributed by atoms with Gasteiger partial charge in [0.15, 0.2) is 0 Å². The van der Waals surface area contributed by atoms with Crippen molar-refractivity contribution in [3.8, 4) is 0 Å². The van der Waals surface area contributed by atoms with Crippen molar-refractivity contribution in [1.82, 2.24) is 5.32 Å². The number of likely N-dealkylation sites (N-methyl/N-ethyl adjacent to an activating group) is 1. The zero-order chi connectivity index (χ0) is 13.1. The maximum atomic E-state index is 12.8. The Balaban J connectivity index is 2.81. The molecule has 0 radical (unpaired) electrons. The molecular formula is C11H15ClFNO2S. The van der Waals surface area contributed by atoms with E-state index in [9.17, 15) is 12.8 Å². The average molecular weight is 280 g/mol. The third kappa shape index (κ3) is 5.02. The van der Waals surface area contributed by atoms with Crippen LogP contribution in [0.5, 0.6) is 0 Å². The summed E-state index contributed by atoms with van der Waals surface area (Å²) in [4.78, 5) is 0. The van der Waals surface area contributed by atoms with Crippen LogP contribution < -0.4 is 5.32 Å². The molecule has 96 valence electrons. The lowest BCUT2D eigenvalue weighted by molar-refractivity contribution is 0.566. The van der Waals surface area contributed by atoms with Crippen molar-refractivity contribution >= 4 is 21.4 Å². The van der Waals surface area contributed by atoms with E-state index in [0.717, 1.165) is 5.56 Å². The van der Waals surface area contributed by atoms with Gasteiger partial charge < -0.3 is 5.32 Å². The molecule has 1 atom stereocenters. The second-order valence-electron chi connectivity index (χ2n) is 4.02. The van der Waals surface area contributed by atoms with E-state index in [2.05, 4.69) is 5.32 Å². The summed E-state index contributed by atoms with van der Waals surface area (Å²) in [6, 6.07) is 3.89. The van der Waals surface area contributed by atoms with Gasteiger partial charge in [-0.05, 0) is 31.2 Å². The summed E-state index contributed by atoms with van der Waals surface area (Å²) in [5.74, 6) is -0.375. The SMILES string of the molecule is CNC(Cc1ccc(F)cc1Cl)CS(C)(=O)=O. The Morgan fingerprint density at radius 1 is 1.47 bits per heavy atom. The molecule has 1 aromatic rings. The Hall–Kier alpha value is -0.650. The van der Waals surface area contributed by atoms with E-state index in [4.69, 9.17) is 11.6 Å². The zero-order valence-corrected chi connectivity index (χ0v) is 11.3. The van der Waals surface area contributed by atoms with Crippen LogP contribution in [-0.4, -0.2) is 33.5 Å². The Morgan fingerprint density at radius 2 is 2.12 bits per heavy atom. The van der Waals surface area contributed by atoms with Crippen LogP contribution in [0.25, 0.3) is 0 Å². The maximum Gasteiger partial charge on any atom is 0.148 e. The number of nitrogens with one attached hydrogen (secondary N) is 1. The quantitative estimate of drug-likeness (QED) is 0.892. The fourth-order valence-electron chi connectivity index (χ4n) is 1.56. The smallest absolute Gasteiger partial charge is 0.148 e. The minimum absolute atomic E-state index is 0.0250. The van der Waals surface area contributed by atoms with Crippen molar-refractivity contribution in [2.45, 2.75) is 12.5 Å². The van der Waals surface area contributed by atoms with Gasteiger partial charge in [-0.25, -0.2) is 12.8 Å². The first kappa shape index (κ1) is 14.4. The first-order chi connectivity index (χ1) is 7.81. The van der Waals surface area contributed by atoms with Gasteiger partial charge in [0.25, 0.3) is 0 Å². The Bertz CT molecular complexity index is 490. The second-order valence-corrected chi connectivity index (χ2v) is 6.61. The summed E-state index contributed by atoms with van der Waals surface area (Å²) in [7, 11) is -1.37. The van der Waals surface area contributed by atoms with Gasteiger partial charge in [-0.15, -0.1) is 0 Å². The van der Waals surface area contributed by atoms with E-state index < -0.39 is 15.7 Å². The van der Waals surface area contributed by atoms with Crippen LogP contribution in [0.4, 0.5) is 4.39 Å². The molecule has 1 aromatic carbocycles. The van der Waals surface area contributed by atoms with E-state index >= 15 is 0 Å². The van der Waals surface area contributed by atoms with E-state index in [1.165, 1.54) is 18.4 Å². The van der Waals surface area contributed by atoms with Crippen LogP contribution in [0.2, 0.25) is 5.02 Å². The van der Waals surface area contributed by atoms with Crippen LogP contribution in [0.3, 0.4) is 0 Å². The lowest BCUT2D eigenvalue weighted by atomic mass is 10.1. The summed E-state index contributed by atoms with van der Waals surface area (Å²) in [5.41, 5.74) is 0.732. The number of halogens is 2. The molecule has 1 rings (SSSR count). The van der Waals surface area contributed by atoms with Gasteiger partial charge in [0.1, 0.15) is 15.7 Å². The molecule has 6 heteroatoms. The molecule has 17 heavy (non-hydrogen) atoms. The molecule has 0 saturated heterocycles. The molecule has 0 aliphatic carbocycles. The molecule has 0 aliphatic rings. The van der Waals surface area contributed by atoms with Gasteiger partial charge in [-0.2, -0.15) is 0 Å². The number of hydrogen-bond donors (Lipinski definition) is 1. The Morgan fingerprint density at radius 3 is 2.59 bits per heavy atom. The van der Waals surface area contributed by atoms with Gasteiger partial charge in [0, 0.05) is 17.3 Å². The summed E-state index contributed by atoms with van der Waals surface area (Å²) >= 11 is 5.88. The first-order valence-electron chi connectivity index (χ1n) is 5.10. The molecule has 0 aliphatic heterocycles. The molecule has 0 spiro atoms. The highest BCUT2D eigenvalue weighted by Gasteiger charge is 2.15. The first-order valence-corrected chi connectivity index (χ1v) is 7.54. The molecule has 0 heterocycles. The summed E-state index contributed by atoms with van der Waals surface area (Å²) in [5, 5.41) is 3.24.